The molecule has 2 rings (SSSR count). The first-order valence-electron chi connectivity index (χ1n) is 7.86. The van der Waals surface area contributed by atoms with Gasteiger partial charge in [0.1, 0.15) is 5.75 Å². The molecule has 0 radical (unpaired) electrons. The van der Waals surface area contributed by atoms with E-state index in [2.05, 4.69) is 47.2 Å². The van der Waals surface area contributed by atoms with Crippen molar-refractivity contribution >= 4 is 27.5 Å². The molecule has 0 aromatic heterocycles. The van der Waals surface area contributed by atoms with E-state index in [0.29, 0.717) is 11.7 Å². The van der Waals surface area contributed by atoms with E-state index < -0.39 is 0 Å². The number of ether oxygens (including phenoxy) is 1. The van der Waals surface area contributed by atoms with Gasteiger partial charge in [-0.05, 0) is 48.2 Å². The maximum Gasteiger partial charge on any atom is 0.262 e. The topological polar surface area (TPSA) is 38.3 Å². The number of anilines is 1. The summed E-state index contributed by atoms with van der Waals surface area (Å²) in [5.41, 5.74) is 2.05. The van der Waals surface area contributed by atoms with Gasteiger partial charge >= 0.3 is 0 Å². The molecule has 0 heterocycles. The highest BCUT2D eigenvalue weighted by molar-refractivity contribution is 9.10. The van der Waals surface area contributed by atoms with Gasteiger partial charge in [-0.1, -0.05) is 54.4 Å². The second-order valence-corrected chi connectivity index (χ2v) is 6.52. The number of hydrogen-bond donors (Lipinski definition) is 1. The van der Waals surface area contributed by atoms with Crippen LogP contribution in [0, 0.1) is 0 Å². The van der Waals surface area contributed by atoms with E-state index in [1.165, 1.54) is 18.4 Å². The smallest absolute Gasteiger partial charge is 0.262 e. The van der Waals surface area contributed by atoms with Crippen LogP contribution in [0.4, 0.5) is 5.69 Å². The third kappa shape index (κ3) is 5.71. The lowest BCUT2D eigenvalue weighted by molar-refractivity contribution is -0.118. The van der Waals surface area contributed by atoms with Crippen molar-refractivity contribution in [2.45, 2.75) is 32.6 Å². The Morgan fingerprint density at radius 2 is 1.96 bits per heavy atom. The molecule has 0 aliphatic heterocycles. The third-order valence-electron chi connectivity index (χ3n) is 3.65. The number of nitrogens with one attached hydrogen (secondary N) is 1. The second-order valence-electron chi connectivity index (χ2n) is 5.61. The molecule has 1 amide bonds. The molecule has 0 saturated heterocycles. The largest absolute Gasteiger partial charge is 0.484 e. The van der Waals surface area contributed by atoms with Gasteiger partial charge in [-0.3, -0.25) is 4.79 Å². The van der Waals surface area contributed by atoms with Gasteiger partial charge in [-0.25, -0.2) is 0 Å². The van der Waals surface area contributed by atoms with Crippen molar-refractivity contribution in [1.29, 1.82) is 0 Å². The lowest BCUT2D eigenvalue weighted by atomic mass is 9.97. The molecule has 0 aliphatic rings. The molecule has 2 aromatic rings. The van der Waals surface area contributed by atoms with Gasteiger partial charge in [0.25, 0.3) is 5.91 Å². The Morgan fingerprint density at radius 1 is 1.22 bits per heavy atom. The van der Waals surface area contributed by atoms with Crippen molar-refractivity contribution < 1.29 is 9.53 Å². The number of benzene rings is 2. The molecule has 23 heavy (non-hydrogen) atoms. The molecule has 1 N–H and O–H groups in total. The van der Waals surface area contributed by atoms with Crippen LogP contribution in [0.15, 0.2) is 53.0 Å². The van der Waals surface area contributed by atoms with E-state index in [1.807, 2.05) is 36.4 Å². The maximum absolute atomic E-state index is 11.9. The normalized spacial score (nSPS) is 11.8. The van der Waals surface area contributed by atoms with E-state index >= 15 is 0 Å². The average molecular weight is 376 g/mol. The molecule has 0 saturated carbocycles. The predicted octanol–water partition coefficient (Wildman–Crippen LogP) is 5.37. The van der Waals surface area contributed by atoms with E-state index in [4.69, 9.17) is 4.74 Å². The predicted molar refractivity (Wildman–Crippen MR) is 98.0 cm³/mol. The summed E-state index contributed by atoms with van der Waals surface area (Å²) >= 11 is 3.37. The first kappa shape index (κ1) is 17.5. The SMILES string of the molecule is CCC[C@@H](C)c1ccc(OCC(=O)Nc2cccc(Br)c2)cc1. The number of hydrogen-bond acceptors (Lipinski definition) is 2. The summed E-state index contributed by atoms with van der Waals surface area (Å²) in [7, 11) is 0. The number of amides is 1. The van der Waals surface area contributed by atoms with Crippen LogP contribution in [0.2, 0.25) is 0 Å². The first-order valence-corrected chi connectivity index (χ1v) is 8.66. The molecule has 0 unspecified atom stereocenters. The molecule has 2 aromatic carbocycles. The van der Waals surface area contributed by atoms with E-state index in [-0.39, 0.29) is 12.5 Å². The highest BCUT2D eigenvalue weighted by atomic mass is 79.9. The highest BCUT2D eigenvalue weighted by Crippen LogP contribution is 2.23. The van der Waals surface area contributed by atoms with Crippen molar-refractivity contribution in [2.75, 3.05) is 11.9 Å². The van der Waals surface area contributed by atoms with E-state index in [1.54, 1.807) is 0 Å². The molecule has 3 nitrogen and oxygen atoms in total. The van der Waals surface area contributed by atoms with Crippen LogP contribution in [0.1, 0.15) is 38.2 Å². The summed E-state index contributed by atoms with van der Waals surface area (Å²) in [4.78, 5) is 11.9. The standard InChI is InChI=1S/C19H22BrNO2/c1-3-5-14(2)15-8-10-18(11-9-15)23-13-19(22)21-17-7-4-6-16(20)12-17/h4,6-12,14H,3,5,13H2,1-2H3,(H,21,22)/t14-/m1/s1. The third-order valence-corrected chi connectivity index (χ3v) is 4.14. The molecule has 0 aliphatic carbocycles. The summed E-state index contributed by atoms with van der Waals surface area (Å²) in [5.74, 6) is 1.09. The Morgan fingerprint density at radius 3 is 2.61 bits per heavy atom. The van der Waals surface area contributed by atoms with Gasteiger partial charge in [0.15, 0.2) is 6.61 Å². The molecular formula is C19H22BrNO2. The minimum absolute atomic E-state index is 0.00360. The summed E-state index contributed by atoms with van der Waals surface area (Å²) in [5, 5.41) is 2.81. The zero-order valence-electron chi connectivity index (χ0n) is 13.5. The minimum atomic E-state index is -0.175. The van der Waals surface area contributed by atoms with Crippen LogP contribution in [-0.4, -0.2) is 12.5 Å². The van der Waals surface area contributed by atoms with Crippen LogP contribution >= 0.6 is 15.9 Å². The van der Waals surface area contributed by atoms with Crippen LogP contribution < -0.4 is 10.1 Å². The molecule has 0 fully saturated rings. The van der Waals surface area contributed by atoms with Crippen molar-refractivity contribution in [3.63, 3.8) is 0 Å². The number of carbonyl (C=O) groups excluding carboxylic acids is 1. The molecule has 0 spiro atoms. The van der Waals surface area contributed by atoms with Crippen LogP contribution in [-0.2, 0) is 4.79 Å². The van der Waals surface area contributed by atoms with Gasteiger partial charge in [-0.15, -0.1) is 0 Å². The van der Waals surface area contributed by atoms with Gasteiger partial charge in [0, 0.05) is 10.2 Å². The van der Waals surface area contributed by atoms with Gasteiger partial charge in [-0.2, -0.15) is 0 Å². The maximum atomic E-state index is 11.9. The van der Waals surface area contributed by atoms with Crippen LogP contribution in [0.25, 0.3) is 0 Å². The first-order chi connectivity index (χ1) is 11.1. The monoisotopic (exact) mass is 375 g/mol. The zero-order valence-corrected chi connectivity index (χ0v) is 15.1. The van der Waals surface area contributed by atoms with Crippen LogP contribution in [0.3, 0.4) is 0 Å². The minimum Gasteiger partial charge on any atom is -0.484 e. The quantitative estimate of drug-likeness (QED) is 0.706. The Labute approximate surface area is 146 Å². The van der Waals surface area contributed by atoms with Gasteiger partial charge in [0.2, 0.25) is 0 Å². The van der Waals surface area contributed by atoms with Gasteiger partial charge < -0.3 is 10.1 Å². The fourth-order valence-electron chi connectivity index (χ4n) is 2.40. The molecular weight excluding hydrogens is 354 g/mol. The number of carbonyl (C=O) groups is 1. The Balaban J connectivity index is 1.84. The summed E-state index contributed by atoms with van der Waals surface area (Å²) in [6, 6.07) is 15.5. The Hall–Kier alpha value is -1.81. The summed E-state index contributed by atoms with van der Waals surface area (Å²) < 4.78 is 6.47. The molecule has 4 heteroatoms. The number of rotatable bonds is 7. The zero-order chi connectivity index (χ0) is 16.7. The van der Waals surface area contributed by atoms with Gasteiger partial charge in [0.05, 0.1) is 0 Å². The lowest BCUT2D eigenvalue weighted by Gasteiger charge is -2.12. The fourth-order valence-corrected chi connectivity index (χ4v) is 2.80. The van der Waals surface area contributed by atoms with Crippen molar-refractivity contribution in [3.8, 4) is 5.75 Å². The van der Waals surface area contributed by atoms with E-state index in [0.717, 1.165) is 10.2 Å². The Kier molecular flexibility index (Phi) is 6.66. The molecule has 122 valence electrons. The summed E-state index contributed by atoms with van der Waals surface area (Å²) in [6.45, 7) is 4.42. The van der Waals surface area contributed by atoms with Crippen molar-refractivity contribution in [2.24, 2.45) is 0 Å². The summed E-state index contributed by atoms with van der Waals surface area (Å²) in [6.07, 6.45) is 2.35. The van der Waals surface area contributed by atoms with Crippen LogP contribution in [0.5, 0.6) is 5.75 Å². The van der Waals surface area contributed by atoms with Crippen molar-refractivity contribution in [1.82, 2.24) is 0 Å². The lowest BCUT2D eigenvalue weighted by Crippen LogP contribution is -2.20. The number of halogens is 1. The molecule has 1 atom stereocenters. The highest BCUT2D eigenvalue weighted by Gasteiger charge is 2.06. The van der Waals surface area contributed by atoms with Crippen molar-refractivity contribution in [3.05, 3.63) is 58.6 Å². The average Bonchev–Trinajstić information content (AvgIpc) is 2.54. The Bertz CT molecular complexity index is 640. The van der Waals surface area contributed by atoms with E-state index in [9.17, 15) is 4.79 Å². The molecule has 0 bridgehead atoms. The second kappa shape index (κ2) is 8.73. The fraction of sp³-hybridized carbons (Fsp3) is 0.316.